The Hall–Kier alpha value is -3.80. The van der Waals surface area contributed by atoms with E-state index in [-0.39, 0.29) is 42.5 Å². The zero-order chi connectivity index (χ0) is 30.3. The fraction of sp³-hybridized carbons (Fsp3) is 0.467. The lowest BCUT2D eigenvalue weighted by Crippen LogP contribution is -2.48. The van der Waals surface area contributed by atoms with Crippen LogP contribution in [-0.4, -0.2) is 59.1 Å². The van der Waals surface area contributed by atoms with Gasteiger partial charge in [-0.2, -0.15) is 0 Å². The number of aromatic nitrogens is 1. The van der Waals surface area contributed by atoms with Gasteiger partial charge in [0, 0.05) is 41.7 Å². The molecule has 42 heavy (non-hydrogen) atoms. The summed E-state index contributed by atoms with van der Waals surface area (Å²) in [6.45, 7) is 8.35. The van der Waals surface area contributed by atoms with Crippen LogP contribution >= 0.6 is 11.9 Å². The number of benzene rings is 1. The van der Waals surface area contributed by atoms with Gasteiger partial charge in [0.25, 0.3) is 11.8 Å². The standard InChI is InChI=1S/C30H37FN4O6S/c1-19-22(31)9-7-10-25(19)42-34-28(37)26-23(12-14-33-27(26)36)39-17-20-11-13-32-16-24(20)40-18-21-8-5-6-15-35(21)29(38)41-30(2,3)4/h7,9-11,13,16,21H,5-6,8,12,14-15,17-18H2,1-4H3,(H,33,36)(H,34,37)/t21-/m1/s1. The first kappa shape index (κ1) is 31.1. The second kappa shape index (κ2) is 13.9. The molecule has 1 saturated heterocycles. The number of rotatable bonds is 9. The SMILES string of the molecule is Cc1c(F)cccc1SNC(=O)C1=C(OCc2ccncc2OC[C@H]2CCCCN2C(=O)OC(C)(C)C)CCNC1=O. The molecule has 0 saturated carbocycles. The Balaban J connectivity index is 1.42. The predicted molar refractivity (Wildman–Crippen MR) is 155 cm³/mol. The Morgan fingerprint density at radius 2 is 2.02 bits per heavy atom. The highest BCUT2D eigenvalue weighted by Gasteiger charge is 2.32. The van der Waals surface area contributed by atoms with E-state index >= 15 is 0 Å². The summed E-state index contributed by atoms with van der Waals surface area (Å²) in [5, 5.41) is 2.67. The van der Waals surface area contributed by atoms with Gasteiger partial charge >= 0.3 is 6.09 Å². The van der Waals surface area contributed by atoms with Crippen molar-refractivity contribution in [1.29, 1.82) is 0 Å². The Kier molecular flexibility index (Phi) is 10.3. The molecule has 4 rings (SSSR count). The number of hydrogen-bond acceptors (Lipinski definition) is 8. The Labute approximate surface area is 249 Å². The summed E-state index contributed by atoms with van der Waals surface area (Å²) >= 11 is 0.935. The fourth-order valence-electron chi connectivity index (χ4n) is 4.60. The van der Waals surface area contributed by atoms with E-state index in [1.807, 2.05) is 20.8 Å². The molecule has 0 radical (unpaired) electrons. The molecule has 2 aliphatic heterocycles. The third-order valence-electron chi connectivity index (χ3n) is 6.80. The van der Waals surface area contributed by atoms with Crippen molar-refractivity contribution in [3.63, 3.8) is 0 Å². The summed E-state index contributed by atoms with van der Waals surface area (Å²) in [4.78, 5) is 44.9. The lowest BCUT2D eigenvalue weighted by molar-refractivity contribution is -0.123. The molecule has 2 N–H and O–H groups in total. The zero-order valence-electron chi connectivity index (χ0n) is 24.3. The first-order valence-electron chi connectivity index (χ1n) is 13.9. The van der Waals surface area contributed by atoms with Gasteiger partial charge in [0.1, 0.15) is 41.7 Å². The summed E-state index contributed by atoms with van der Waals surface area (Å²) in [5.41, 5.74) is 0.349. The molecule has 0 bridgehead atoms. The van der Waals surface area contributed by atoms with Crippen molar-refractivity contribution < 1.29 is 33.0 Å². The zero-order valence-corrected chi connectivity index (χ0v) is 25.1. The highest BCUT2D eigenvalue weighted by Crippen LogP contribution is 2.26. The van der Waals surface area contributed by atoms with Crippen molar-refractivity contribution >= 4 is 29.9 Å². The second-order valence-electron chi connectivity index (χ2n) is 11.1. The van der Waals surface area contributed by atoms with E-state index in [9.17, 15) is 18.8 Å². The lowest BCUT2D eigenvalue weighted by atomic mass is 10.0. The number of carbonyl (C=O) groups is 3. The monoisotopic (exact) mass is 600 g/mol. The molecule has 1 atom stereocenters. The van der Waals surface area contributed by atoms with Crippen LogP contribution in [0.1, 0.15) is 57.6 Å². The fourth-order valence-corrected chi connectivity index (χ4v) is 5.30. The molecular weight excluding hydrogens is 563 g/mol. The number of carbonyl (C=O) groups excluding carboxylic acids is 3. The summed E-state index contributed by atoms with van der Waals surface area (Å²) in [6.07, 6.45) is 5.82. The average molecular weight is 601 g/mol. The molecule has 3 amide bonds. The van der Waals surface area contributed by atoms with Gasteiger partial charge in [0.15, 0.2) is 0 Å². The molecule has 10 nitrogen and oxygen atoms in total. The molecule has 2 aliphatic rings. The minimum absolute atomic E-state index is 0.0356. The smallest absolute Gasteiger partial charge is 0.410 e. The van der Waals surface area contributed by atoms with Gasteiger partial charge in [0.05, 0.1) is 12.2 Å². The topological polar surface area (TPSA) is 119 Å². The van der Waals surface area contributed by atoms with Crippen LogP contribution in [0.3, 0.4) is 0 Å². The van der Waals surface area contributed by atoms with E-state index in [2.05, 4.69) is 15.0 Å². The van der Waals surface area contributed by atoms with Crippen molar-refractivity contribution in [2.24, 2.45) is 0 Å². The number of hydrogen-bond donors (Lipinski definition) is 2. The number of ether oxygens (including phenoxy) is 3. The van der Waals surface area contributed by atoms with Crippen LogP contribution in [0.2, 0.25) is 0 Å². The number of halogens is 1. The van der Waals surface area contributed by atoms with E-state index in [1.165, 1.54) is 6.07 Å². The number of pyridine rings is 1. The average Bonchev–Trinajstić information content (AvgIpc) is 2.95. The first-order valence-corrected chi connectivity index (χ1v) is 14.8. The van der Waals surface area contributed by atoms with Gasteiger partial charge in [-0.1, -0.05) is 6.07 Å². The number of likely N-dealkylation sites (tertiary alicyclic amines) is 1. The van der Waals surface area contributed by atoms with E-state index in [4.69, 9.17) is 14.2 Å². The summed E-state index contributed by atoms with van der Waals surface area (Å²) in [5.74, 6) is -0.836. The largest absolute Gasteiger partial charge is 0.492 e. The van der Waals surface area contributed by atoms with E-state index in [0.29, 0.717) is 41.3 Å². The quantitative estimate of drug-likeness (QED) is 0.311. The lowest BCUT2D eigenvalue weighted by Gasteiger charge is -2.36. The van der Waals surface area contributed by atoms with Crippen LogP contribution in [0.4, 0.5) is 9.18 Å². The first-order chi connectivity index (χ1) is 20.0. The van der Waals surface area contributed by atoms with E-state index in [0.717, 1.165) is 31.2 Å². The van der Waals surface area contributed by atoms with Crippen LogP contribution in [0.25, 0.3) is 0 Å². The molecule has 1 fully saturated rings. The van der Waals surface area contributed by atoms with Crippen LogP contribution in [0.5, 0.6) is 5.75 Å². The number of piperidine rings is 1. The Morgan fingerprint density at radius 3 is 2.81 bits per heavy atom. The molecular formula is C30H37FN4O6S. The number of nitrogens with one attached hydrogen (secondary N) is 2. The Morgan fingerprint density at radius 1 is 1.21 bits per heavy atom. The third-order valence-corrected chi connectivity index (χ3v) is 7.75. The summed E-state index contributed by atoms with van der Waals surface area (Å²) < 4.78 is 34.3. The van der Waals surface area contributed by atoms with Gasteiger partial charge in [-0.15, -0.1) is 0 Å². The molecule has 0 aliphatic carbocycles. The van der Waals surface area contributed by atoms with Crippen LogP contribution in [0, 0.1) is 12.7 Å². The molecule has 2 aromatic rings. The molecule has 0 unspecified atom stereocenters. The molecule has 226 valence electrons. The van der Waals surface area contributed by atoms with Crippen molar-refractivity contribution in [3.05, 3.63) is 64.9 Å². The van der Waals surface area contributed by atoms with E-state index in [1.54, 1.807) is 42.4 Å². The molecule has 0 spiro atoms. The van der Waals surface area contributed by atoms with Crippen LogP contribution in [-0.2, 0) is 25.7 Å². The van der Waals surface area contributed by atoms with Crippen molar-refractivity contribution in [1.82, 2.24) is 19.9 Å². The normalized spacial score (nSPS) is 17.4. The summed E-state index contributed by atoms with van der Waals surface area (Å²) in [7, 11) is 0. The minimum Gasteiger partial charge on any atom is -0.492 e. The van der Waals surface area contributed by atoms with Gasteiger partial charge in [-0.25, -0.2) is 9.18 Å². The maximum Gasteiger partial charge on any atom is 0.410 e. The van der Waals surface area contributed by atoms with Gasteiger partial charge in [-0.05, 0) is 77.1 Å². The second-order valence-corrected chi connectivity index (χ2v) is 12.0. The highest BCUT2D eigenvalue weighted by molar-refractivity contribution is 7.98. The molecule has 3 heterocycles. The molecule has 1 aromatic heterocycles. The van der Waals surface area contributed by atoms with Crippen LogP contribution in [0.15, 0.2) is 52.9 Å². The van der Waals surface area contributed by atoms with Gasteiger partial charge < -0.3 is 24.4 Å². The van der Waals surface area contributed by atoms with Gasteiger partial charge in [-0.3, -0.25) is 19.3 Å². The number of amides is 3. The predicted octanol–water partition coefficient (Wildman–Crippen LogP) is 4.81. The van der Waals surface area contributed by atoms with E-state index < -0.39 is 17.4 Å². The maximum atomic E-state index is 13.9. The highest BCUT2D eigenvalue weighted by atomic mass is 32.2. The van der Waals surface area contributed by atoms with Crippen molar-refractivity contribution in [2.45, 2.75) is 76.5 Å². The minimum atomic E-state index is -0.637. The maximum absolute atomic E-state index is 13.9. The molecule has 12 heteroatoms. The summed E-state index contributed by atoms with van der Waals surface area (Å²) in [6, 6.07) is 6.17. The molecule has 1 aromatic carbocycles. The number of nitrogens with zero attached hydrogens (tertiary/aromatic N) is 2. The van der Waals surface area contributed by atoms with Crippen LogP contribution < -0.4 is 14.8 Å². The van der Waals surface area contributed by atoms with Gasteiger partial charge in [0.2, 0.25) is 0 Å². The van der Waals surface area contributed by atoms with Crippen molar-refractivity contribution in [2.75, 3.05) is 19.7 Å². The third kappa shape index (κ3) is 8.15. The Bertz CT molecular complexity index is 1350. The van der Waals surface area contributed by atoms with Crippen molar-refractivity contribution in [3.8, 4) is 5.75 Å².